The first kappa shape index (κ1) is 13.2. The largest absolute Gasteiger partial charge is 0.417 e. The van der Waals surface area contributed by atoms with E-state index in [1.54, 1.807) is 0 Å². The predicted molar refractivity (Wildman–Crippen MR) is 54.1 cm³/mol. The molecule has 1 aliphatic heterocycles. The van der Waals surface area contributed by atoms with Crippen molar-refractivity contribution in [3.05, 3.63) is 29.3 Å². The monoisotopic (exact) mass is 277 g/mol. The van der Waals surface area contributed by atoms with E-state index in [1.165, 1.54) is 0 Å². The molecular weight excluding hydrogens is 273 g/mol. The maximum absolute atomic E-state index is 13.5. The number of hydrogen-bond acceptors (Lipinski definition) is 3. The SMILES string of the molecule is O=C1N=C(c2ncc(C(F)(F)F)cc2F)N=CC1F. The van der Waals surface area contributed by atoms with Crippen LogP contribution in [-0.4, -0.2) is 29.1 Å². The summed E-state index contributed by atoms with van der Waals surface area (Å²) >= 11 is 0. The van der Waals surface area contributed by atoms with Gasteiger partial charge in [-0.2, -0.15) is 18.2 Å². The van der Waals surface area contributed by atoms with E-state index < -0.39 is 41.2 Å². The normalized spacial score (nSPS) is 19.5. The predicted octanol–water partition coefficient (Wildman–Crippen LogP) is 1.94. The zero-order valence-corrected chi connectivity index (χ0v) is 8.95. The molecule has 2 rings (SSSR count). The van der Waals surface area contributed by atoms with Crippen LogP contribution in [0.1, 0.15) is 11.3 Å². The van der Waals surface area contributed by atoms with E-state index in [1.807, 2.05) is 0 Å². The fourth-order valence-corrected chi connectivity index (χ4v) is 1.27. The van der Waals surface area contributed by atoms with Crippen LogP contribution >= 0.6 is 0 Å². The molecule has 9 heteroatoms. The number of hydrogen-bond donors (Lipinski definition) is 0. The molecule has 0 fully saturated rings. The van der Waals surface area contributed by atoms with Gasteiger partial charge in [-0.05, 0) is 6.07 Å². The van der Waals surface area contributed by atoms with Crippen LogP contribution in [0, 0.1) is 5.82 Å². The van der Waals surface area contributed by atoms with Crippen molar-refractivity contribution in [3.63, 3.8) is 0 Å². The molecule has 0 spiro atoms. The molecule has 100 valence electrons. The van der Waals surface area contributed by atoms with Gasteiger partial charge in [0.1, 0.15) is 5.69 Å². The van der Waals surface area contributed by atoms with E-state index in [0.717, 1.165) is 0 Å². The standard InChI is InChI=1S/C10H4F5N3O/c11-5-1-4(10(13,14)15)2-16-7(5)8-17-3-6(12)9(19)18-8/h1-3,6H. The number of amidine groups is 1. The van der Waals surface area contributed by atoms with Crippen LogP contribution in [0.2, 0.25) is 0 Å². The third kappa shape index (κ3) is 2.64. The summed E-state index contributed by atoms with van der Waals surface area (Å²) in [4.78, 5) is 20.6. The highest BCUT2D eigenvalue weighted by Gasteiger charge is 2.32. The summed E-state index contributed by atoms with van der Waals surface area (Å²) in [6.07, 6.45) is -5.84. The quantitative estimate of drug-likeness (QED) is 0.736. The minimum absolute atomic E-state index is 0.201. The van der Waals surface area contributed by atoms with Gasteiger partial charge >= 0.3 is 6.18 Å². The molecule has 0 radical (unpaired) electrons. The number of carbonyl (C=O) groups is 1. The van der Waals surface area contributed by atoms with Gasteiger partial charge in [-0.1, -0.05) is 0 Å². The van der Waals surface area contributed by atoms with Crippen LogP contribution in [-0.2, 0) is 11.0 Å². The highest BCUT2D eigenvalue weighted by atomic mass is 19.4. The van der Waals surface area contributed by atoms with Crippen LogP contribution in [0.25, 0.3) is 0 Å². The number of nitrogens with zero attached hydrogens (tertiary/aromatic N) is 3. The molecule has 2 heterocycles. The van der Waals surface area contributed by atoms with Crippen molar-refractivity contribution < 1.29 is 26.7 Å². The lowest BCUT2D eigenvalue weighted by Crippen LogP contribution is -2.23. The van der Waals surface area contributed by atoms with Crippen LogP contribution in [0.5, 0.6) is 0 Å². The Morgan fingerprint density at radius 2 is 1.95 bits per heavy atom. The van der Waals surface area contributed by atoms with Gasteiger partial charge in [0.25, 0.3) is 5.91 Å². The maximum Gasteiger partial charge on any atom is 0.417 e. The molecule has 0 aromatic carbocycles. The fourth-order valence-electron chi connectivity index (χ4n) is 1.27. The Labute approximate surface area is 102 Å². The smallest absolute Gasteiger partial charge is 0.269 e. The Morgan fingerprint density at radius 1 is 1.26 bits per heavy atom. The van der Waals surface area contributed by atoms with Gasteiger partial charge in [-0.3, -0.25) is 4.79 Å². The number of aromatic nitrogens is 1. The molecule has 1 unspecified atom stereocenters. The third-order valence-corrected chi connectivity index (χ3v) is 2.16. The maximum atomic E-state index is 13.5. The summed E-state index contributed by atoms with van der Waals surface area (Å²) in [5.41, 5.74) is -1.94. The highest BCUT2D eigenvalue weighted by Crippen LogP contribution is 2.29. The highest BCUT2D eigenvalue weighted by molar-refractivity contribution is 6.15. The van der Waals surface area contributed by atoms with Gasteiger partial charge in [0.05, 0.1) is 11.8 Å². The first-order valence-electron chi connectivity index (χ1n) is 4.83. The lowest BCUT2D eigenvalue weighted by molar-refractivity contribution is -0.138. The molecule has 1 aliphatic rings. The van der Waals surface area contributed by atoms with E-state index in [9.17, 15) is 26.7 Å². The zero-order valence-electron chi connectivity index (χ0n) is 8.95. The average Bonchev–Trinajstić information content (AvgIpc) is 2.31. The Morgan fingerprint density at radius 3 is 2.47 bits per heavy atom. The Kier molecular flexibility index (Phi) is 3.13. The average molecular weight is 277 g/mol. The van der Waals surface area contributed by atoms with Gasteiger partial charge < -0.3 is 0 Å². The van der Waals surface area contributed by atoms with Gasteiger partial charge in [0, 0.05) is 6.20 Å². The summed E-state index contributed by atoms with van der Waals surface area (Å²) in [6, 6.07) is 0.201. The van der Waals surface area contributed by atoms with E-state index in [2.05, 4.69) is 15.0 Å². The van der Waals surface area contributed by atoms with Crippen molar-refractivity contribution in [1.29, 1.82) is 0 Å². The van der Waals surface area contributed by atoms with E-state index in [4.69, 9.17) is 0 Å². The lowest BCUT2D eigenvalue weighted by atomic mass is 10.2. The summed E-state index contributed by atoms with van der Waals surface area (Å²) < 4.78 is 63.0. The van der Waals surface area contributed by atoms with Crippen molar-refractivity contribution >= 4 is 18.0 Å². The molecule has 0 bridgehead atoms. The second kappa shape index (κ2) is 4.48. The summed E-state index contributed by atoms with van der Waals surface area (Å²) in [6.45, 7) is 0. The van der Waals surface area contributed by atoms with Gasteiger partial charge in [-0.15, -0.1) is 0 Å². The first-order chi connectivity index (χ1) is 8.79. The van der Waals surface area contributed by atoms with Crippen molar-refractivity contribution in [3.8, 4) is 0 Å². The molecule has 4 nitrogen and oxygen atoms in total. The number of amides is 1. The van der Waals surface area contributed by atoms with Crippen LogP contribution in [0.15, 0.2) is 22.2 Å². The lowest BCUT2D eigenvalue weighted by Gasteiger charge is -2.10. The van der Waals surface area contributed by atoms with Crippen LogP contribution < -0.4 is 0 Å². The topological polar surface area (TPSA) is 54.7 Å². The number of alkyl halides is 4. The molecule has 0 saturated heterocycles. The minimum Gasteiger partial charge on any atom is -0.269 e. The Hall–Kier alpha value is -2.19. The summed E-state index contributed by atoms with van der Waals surface area (Å²) in [5, 5.41) is 0. The van der Waals surface area contributed by atoms with E-state index >= 15 is 0 Å². The summed E-state index contributed by atoms with van der Waals surface area (Å²) in [7, 11) is 0. The van der Waals surface area contributed by atoms with Gasteiger partial charge in [-0.25, -0.2) is 18.8 Å². The zero-order chi connectivity index (χ0) is 14.2. The van der Waals surface area contributed by atoms with Gasteiger partial charge in [0.2, 0.25) is 6.17 Å². The Bertz CT molecular complexity index is 593. The molecule has 0 saturated carbocycles. The number of rotatable bonds is 1. The molecule has 0 aliphatic carbocycles. The molecular formula is C10H4F5N3O. The van der Waals surface area contributed by atoms with Gasteiger partial charge in [0.15, 0.2) is 11.7 Å². The van der Waals surface area contributed by atoms with E-state index in [-0.39, 0.29) is 6.07 Å². The van der Waals surface area contributed by atoms with E-state index in [0.29, 0.717) is 12.4 Å². The molecule has 1 aromatic rings. The third-order valence-electron chi connectivity index (χ3n) is 2.16. The van der Waals surface area contributed by atoms with Crippen LogP contribution in [0.4, 0.5) is 22.0 Å². The first-order valence-corrected chi connectivity index (χ1v) is 4.83. The minimum atomic E-state index is -4.75. The second-order valence-corrected chi connectivity index (χ2v) is 3.51. The number of halogens is 5. The molecule has 1 amide bonds. The molecule has 0 N–H and O–H groups in total. The number of pyridine rings is 1. The second-order valence-electron chi connectivity index (χ2n) is 3.51. The fraction of sp³-hybridized carbons (Fsp3) is 0.200. The van der Waals surface area contributed by atoms with Crippen molar-refractivity contribution in [2.45, 2.75) is 12.3 Å². The van der Waals surface area contributed by atoms with Crippen molar-refractivity contribution in [2.24, 2.45) is 9.98 Å². The van der Waals surface area contributed by atoms with Crippen molar-refractivity contribution in [2.75, 3.05) is 0 Å². The van der Waals surface area contributed by atoms with Crippen LogP contribution in [0.3, 0.4) is 0 Å². The molecule has 1 atom stereocenters. The number of aliphatic imine (C=N–C) groups is 2. The molecule has 1 aromatic heterocycles. The molecule has 19 heavy (non-hydrogen) atoms. The number of carbonyl (C=O) groups excluding carboxylic acids is 1. The Balaban J connectivity index is 2.41. The summed E-state index contributed by atoms with van der Waals surface area (Å²) in [5.74, 6) is -3.13. The van der Waals surface area contributed by atoms with Crippen molar-refractivity contribution in [1.82, 2.24) is 4.98 Å².